The lowest BCUT2D eigenvalue weighted by Crippen LogP contribution is -2.36. The van der Waals surface area contributed by atoms with Crippen LogP contribution in [0.3, 0.4) is 0 Å². The Morgan fingerprint density at radius 3 is 2.23 bits per heavy atom. The summed E-state index contributed by atoms with van der Waals surface area (Å²) in [4.78, 5) is 2.34. The van der Waals surface area contributed by atoms with Crippen LogP contribution in [-0.2, 0) is 11.2 Å². The van der Waals surface area contributed by atoms with Gasteiger partial charge in [0, 0.05) is 34.6 Å². The monoisotopic (exact) mass is 479 g/mol. The van der Waals surface area contributed by atoms with Gasteiger partial charge in [-0.1, -0.05) is 28.1 Å². The molecule has 0 aromatic heterocycles. The fourth-order valence-corrected chi connectivity index (χ4v) is 4.77. The van der Waals surface area contributed by atoms with Crippen molar-refractivity contribution in [3.63, 3.8) is 0 Å². The summed E-state index contributed by atoms with van der Waals surface area (Å²) < 4.78 is 6.55. The molecule has 6 heteroatoms. The normalized spacial score (nSPS) is 14.8. The van der Waals surface area contributed by atoms with Crippen molar-refractivity contribution in [3.05, 3.63) is 76.3 Å². The van der Waals surface area contributed by atoms with Gasteiger partial charge in [0.25, 0.3) is 0 Å². The molecule has 1 heterocycles. The molecular formula is C24H22BrN3OS. The van der Waals surface area contributed by atoms with E-state index in [2.05, 4.69) is 92.1 Å². The summed E-state index contributed by atoms with van der Waals surface area (Å²) >= 11 is 9.10. The third-order valence-electron chi connectivity index (χ3n) is 5.60. The standard InChI is InChI=1S/C24H22BrN3OS/c25-18-1-7-22-16(14-18)13-17-15-20(4-8-23(17)22)27-24(30)26-19-2-5-21(6-3-19)28-9-11-29-12-10-28/h1-8,14-15H,9-13H2,(H2,26,27,30). The van der Waals surface area contributed by atoms with Crippen LogP contribution in [0.25, 0.3) is 11.1 Å². The molecule has 0 saturated carbocycles. The molecule has 2 aliphatic rings. The van der Waals surface area contributed by atoms with Crippen molar-refractivity contribution >= 4 is 50.3 Å². The van der Waals surface area contributed by atoms with Crippen molar-refractivity contribution in [2.45, 2.75) is 6.42 Å². The van der Waals surface area contributed by atoms with Gasteiger partial charge >= 0.3 is 0 Å². The molecule has 3 aromatic carbocycles. The largest absolute Gasteiger partial charge is 0.378 e. The molecular weight excluding hydrogens is 458 g/mol. The first kappa shape index (κ1) is 19.5. The quantitative estimate of drug-likeness (QED) is 0.370. The number of hydrogen-bond donors (Lipinski definition) is 2. The molecule has 1 fully saturated rings. The maximum atomic E-state index is 5.54. The lowest BCUT2D eigenvalue weighted by atomic mass is 10.1. The highest BCUT2D eigenvalue weighted by molar-refractivity contribution is 9.10. The van der Waals surface area contributed by atoms with Crippen molar-refractivity contribution in [2.75, 3.05) is 41.8 Å². The Morgan fingerprint density at radius 1 is 0.833 bits per heavy atom. The Balaban J connectivity index is 1.23. The van der Waals surface area contributed by atoms with Crippen molar-refractivity contribution in [2.24, 2.45) is 0 Å². The van der Waals surface area contributed by atoms with E-state index in [1.165, 1.54) is 27.9 Å². The van der Waals surface area contributed by atoms with Crippen LogP contribution in [0.2, 0.25) is 0 Å². The number of halogens is 1. The number of morpholine rings is 1. The van der Waals surface area contributed by atoms with Gasteiger partial charge in [-0.15, -0.1) is 0 Å². The predicted octanol–water partition coefficient (Wildman–Crippen LogP) is 5.67. The molecule has 1 saturated heterocycles. The van der Waals surface area contributed by atoms with E-state index in [-0.39, 0.29) is 0 Å². The van der Waals surface area contributed by atoms with E-state index in [1.807, 2.05) is 0 Å². The van der Waals surface area contributed by atoms with Crippen molar-refractivity contribution < 1.29 is 4.74 Å². The number of rotatable bonds is 3. The van der Waals surface area contributed by atoms with Gasteiger partial charge in [0.1, 0.15) is 0 Å². The van der Waals surface area contributed by atoms with Crippen LogP contribution < -0.4 is 15.5 Å². The second-order valence-corrected chi connectivity index (χ2v) is 8.90. The summed E-state index contributed by atoms with van der Waals surface area (Å²) in [6, 6.07) is 21.3. The number of nitrogens with zero attached hydrogens (tertiary/aromatic N) is 1. The zero-order valence-electron chi connectivity index (χ0n) is 16.5. The van der Waals surface area contributed by atoms with E-state index in [1.54, 1.807) is 0 Å². The number of benzene rings is 3. The molecule has 30 heavy (non-hydrogen) atoms. The lowest BCUT2D eigenvalue weighted by Gasteiger charge is -2.29. The Bertz CT molecular complexity index is 1090. The number of anilines is 3. The zero-order valence-corrected chi connectivity index (χ0v) is 18.9. The average Bonchev–Trinajstić information content (AvgIpc) is 3.11. The molecule has 0 unspecified atom stereocenters. The van der Waals surface area contributed by atoms with E-state index in [9.17, 15) is 0 Å². The first-order valence-corrected chi connectivity index (χ1v) is 11.3. The fourth-order valence-electron chi connectivity index (χ4n) is 4.13. The molecule has 0 amide bonds. The Morgan fingerprint density at radius 2 is 1.47 bits per heavy atom. The van der Waals surface area contributed by atoms with E-state index < -0.39 is 0 Å². The number of thiocarbonyl (C=S) groups is 1. The van der Waals surface area contributed by atoms with Gasteiger partial charge in [0.15, 0.2) is 5.11 Å². The number of ether oxygens (including phenoxy) is 1. The van der Waals surface area contributed by atoms with Crippen LogP contribution in [0.4, 0.5) is 17.1 Å². The summed E-state index contributed by atoms with van der Waals surface area (Å²) in [6.45, 7) is 3.45. The topological polar surface area (TPSA) is 36.5 Å². The Kier molecular flexibility index (Phi) is 5.46. The third-order valence-corrected chi connectivity index (χ3v) is 6.30. The highest BCUT2D eigenvalue weighted by Crippen LogP contribution is 2.39. The molecule has 0 bridgehead atoms. The zero-order chi connectivity index (χ0) is 20.5. The molecule has 0 radical (unpaired) electrons. The smallest absolute Gasteiger partial charge is 0.175 e. The van der Waals surface area contributed by atoms with Gasteiger partial charge < -0.3 is 20.3 Å². The van der Waals surface area contributed by atoms with E-state index in [0.717, 1.165) is 48.6 Å². The Hall–Kier alpha value is -2.41. The summed E-state index contributed by atoms with van der Waals surface area (Å²) in [5.74, 6) is 0. The molecule has 3 aromatic rings. The fraction of sp³-hybridized carbons (Fsp3) is 0.208. The molecule has 1 aliphatic heterocycles. The minimum atomic E-state index is 0.590. The number of fused-ring (bicyclic) bond motifs is 3. The summed E-state index contributed by atoms with van der Waals surface area (Å²) in [5.41, 5.74) is 8.50. The van der Waals surface area contributed by atoms with E-state index in [0.29, 0.717) is 5.11 Å². The van der Waals surface area contributed by atoms with Crippen LogP contribution >= 0.6 is 28.1 Å². The second-order valence-electron chi connectivity index (χ2n) is 7.58. The third kappa shape index (κ3) is 4.08. The molecule has 2 N–H and O–H groups in total. The van der Waals surface area contributed by atoms with Gasteiger partial charge in [-0.3, -0.25) is 0 Å². The van der Waals surface area contributed by atoms with E-state index >= 15 is 0 Å². The average molecular weight is 480 g/mol. The van der Waals surface area contributed by atoms with Crippen LogP contribution in [0.5, 0.6) is 0 Å². The summed E-state index contributed by atoms with van der Waals surface area (Å²) in [6.07, 6.45) is 0.947. The van der Waals surface area contributed by atoms with Gasteiger partial charge in [-0.05, 0) is 89.4 Å². The summed E-state index contributed by atoms with van der Waals surface area (Å²) in [7, 11) is 0. The molecule has 4 nitrogen and oxygen atoms in total. The highest BCUT2D eigenvalue weighted by atomic mass is 79.9. The number of nitrogens with one attached hydrogen (secondary N) is 2. The number of hydrogen-bond acceptors (Lipinski definition) is 3. The lowest BCUT2D eigenvalue weighted by molar-refractivity contribution is 0.122. The maximum absolute atomic E-state index is 5.54. The van der Waals surface area contributed by atoms with Crippen molar-refractivity contribution in [3.8, 4) is 11.1 Å². The van der Waals surface area contributed by atoms with Gasteiger partial charge in [0.2, 0.25) is 0 Å². The molecule has 152 valence electrons. The first-order valence-electron chi connectivity index (χ1n) is 10.1. The predicted molar refractivity (Wildman–Crippen MR) is 132 cm³/mol. The maximum Gasteiger partial charge on any atom is 0.175 e. The van der Waals surface area contributed by atoms with Crippen LogP contribution in [-0.4, -0.2) is 31.4 Å². The Labute approximate surface area is 190 Å². The van der Waals surface area contributed by atoms with Crippen molar-refractivity contribution in [1.82, 2.24) is 0 Å². The van der Waals surface area contributed by atoms with E-state index in [4.69, 9.17) is 17.0 Å². The van der Waals surface area contributed by atoms with Gasteiger partial charge in [-0.25, -0.2) is 0 Å². The molecule has 5 rings (SSSR count). The highest BCUT2D eigenvalue weighted by Gasteiger charge is 2.19. The molecule has 0 spiro atoms. The molecule has 1 aliphatic carbocycles. The second kappa shape index (κ2) is 8.38. The minimum Gasteiger partial charge on any atom is -0.378 e. The summed E-state index contributed by atoms with van der Waals surface area (Å²) in [5, 5.41) is 7.19. The van der Waals surface area contributed by atoms with Gasteiger partial charge in [0.05, 0.1) is 13.2 Å². The minimum absolute atomic E-state index is 0.590. The van der Waals surface area contributed by atoms with Crippen LogP contribution in [0.15, 0.2) is 65.1 Å². The van der Waals surface area contributed by atoms with Crippen LogP contribution in [0, 0.1) is 0 Å². The van der Waals surface area contributed by atoms with Crippen LogP contribution in [0.1, 0.15) is 11.1 Å². The first-order chi connectivity index (χ1) is 14.7. The SMILES string of the molecule is S=C(Nc1ccc(N2CCOCC2)cc1)Nc1ccc2c(c1)Cc1cc(Br)ccc1-2. The van der Waals surface area contributed by atoms with Crippen molar-refractivity contribution in [1.29, 1.82) is 0 Å². The van der Waals surface area contributed by atoms with Gasteiger partial charge in [-0.2, -0.15) is 0 Å². The molecule has 0 atom stereocenters.